The maximum atomic E-state index is 9.32. The van der Waals surface area contributed by atoms with Gasteiger partial charge in [-0.2, -0.15) is 0 Å². The molecule has 1 aliphatic rings. The maximum absolute atomic E-state index is 9.32. The summed E-state index contributed by atoms with van der Waals surface area (Å²) in [6.07, 6.45) is -0.749. The lowest BCUT2D eigenvalue weighted by Crippen LogP contribution is -2.38. The summed E-state index contributed by atoms with van der Waals surface area (Å²) in [4.78, 5) is 0. The Balaban J connectivity index is 2.39. The third kappa shape index (κ3) is 0.920. The van der Waals surface area contributed by atoms with E-state index in [1.807, 2.05) is 0 Å². The Hall–Kier alpha value is -0.200. The Morgan fingerprint density at radius 1 is 1.70 bits per heavy atom. The third-order valence-corrected chi connectivity index (χ3v) is 1.87. The van der Waals surface area contributed by atoms with Crippen LogP contribution in [0.1, 0.15) is 0 Å². The van der Waals surface area contributed by atoms with Gasteiger partial charge in [0.15, 0.2) is 5.72 Å². The van der Waals surface area contributed by atoms with E-state index in [0.29, 0.717) is 0 Å². The number of aliphatic hydroxyl groups is 2. The lowest BCUT2D eigenvalue weighted by Gasteiger charge is -2.06. The van der Waals surface area contributed by atoms with Crippen LogP contribution in [0.4, 0.5) is 0 Å². The lowest BCUT2D eigenvalue weighted by molar-refractivity contribution is 0.0607. The summed E-state index contributed by atoms with van der Waals surface area (Å²) >= 11 is 0. The van der Waals surface area contributed by atoms with Gasteiger partial charge in [-0.15, -0.1) is 0 Å². The fourth-order valence-corrected chi connectivity index (χ4v) is 1.05. The zero-order valence-electron chi connectivity index (χ0n) is 5.83. The normalized spacial score (nSPS) is 45.6. The molecule has 0 aliphatic heterocycles. The highest BCUT2D eigenvalue weighted by atomic mass is 16.4. The van der Waals surface area contributed by atoms with Crippen molar-refractivity contribution in [2.75, 3.05) is 13.7 Å². The fraction of sp³-hybridized carbons (Fsp3) is 1.00. The summed E-state index contributed by atoms with van der Waals surface area (Å²) in [5.41, 5.74) is 3.98. The number of rotatable bonds is 3. The van der Waals surface area contributed by atoms with E-state index in [2.05, 4.69) is 10.6 Å². The van der Waals surface area contributed by atoms with Crippen molar-refractivity contribution in [3.63, 3.8) is 0 Å². The highest BCUT2D eigenvalue weighted by Gasteiger charge is 2.63. The minimum absolute atomic E-state index is 0.256. The summed E-state index contributed by atoms with van der Waals surface area (Å²) in [6.45, 7) is 0.256. The first-order chi connectivity index (χ1) is 4.66. The summed E-state index contributed by atoms with van der Waals surface area (Å²) in [5, 5.41) is 23.7. The smallest absolute Gasteiger partial charge is 0.161 e. The molecule has 3 atom stereocenters. The molecule has 0 aromatic carbocycles. The van der Waals surface area contributed by atoms with Gasteiger partial charge in [-0.05, 0) is 7.05 Å². The van der Waals surface area contributed by atoms with Crippen molar-refractivity contribution in [3.05, 3.63) is 0 Å². The Morgan fingerprint density at radius 2 is 2.30 bits per heavy atom. The van der Waals surface area contributed by atoms with Crippen LogP contribution < -0.4 is 16.4 Å². The zero-order valence-corrected chi connectivity index (χ0v) is 5.83. The zero-order chi connectivity index (χ0) is 7.78. The summed E-state index contributed by atoms with van der Waals surface area (Å²) in [7, 11) is 1.58. The van der Waals surface area contributed by atoms with Gasteiger partial charge in [-0.1, -0.05) is 0 Å². The molecule has 0 aromatic heterocycles. The molecule has 1 rings (SSSR count). The summed E-state index contributed by atoms with van der Waals surface area (Å²) < 4.78 is 0. The van der Waals surface area contributed by atoms with Gasteiger partial charge in [0.1, 0.15) is 6.10 Å². The second kappa shape index (κ2) is 2.44. The molecule has 0 spiro atoms. The Labute approximate surface area is 59.2 Å². The molecule has 1 aliphatic carbocycles. The van der Waals surface area contributed by atoms with Crippen molar-refractivity contribution < 1.29 is 10.2 Å². The molecule has 6 N–H and O–H groups in total. The van der Waals surface area contributed by atoms with Crippen molar-refractivity contribution in [2.45, 2.75) is 17.9 Å². The first-order valence-corrected chi connectivity index (χ1v) is 3.19. The van der Waals surface area contributed by atoms with Gasteiger partial charge in [-0.25, -0.2) is 0 Å². The standard InChI is InChI=1S/C5H13N3O2/c1-7-5(10)3(4(5)9)8-2-6/h3-4,7-10H,2,6H2,1H3. The Bertz CT molecular complexity index is 132. The van der Waals surface area contributed by atoms with Crippen LogP contribution in [0.3, 0.4) is 0 Å². The van der Waals surface area contributed by atoms with Crippen LogP contribution >= 0.6 is 0 Å². The molecule has 1 fully saturated rings. The molecule has 0 heterocycles. The van der Waals surface area contributed by atoms with Gasteiger partial charge in [0.05, 0.1) is 6.04 Å². The predicted molar refractivity (Wildman–Crippen MR) is 36.0 cm³/mol. The lowest BCUT2D eigenvalue weighted by atomic mass is 10.5. The molecule has 3 unspecified atom stereocenters. The average Bonchev–Trinajstić information content (AvgIpc) is 2.43. The van der Waals surface area contributed by atoms with Crippen LogP contribution in [0.2, 0.25) is 0 Å². The van der Waals surface area contributed by atoms with E-state index in [0.717, 1.165) is 0 Å². The van der Waals surface area contributed by atoms with Gasteiger partial charge in [0, 0.05) is 6.67 Å². The van der Waals surface area contributed by atoms with Gasteiger partial charge < -0.3 is 15.9 Å². The number of likely N-dealkylation sites (N-methyl/N-ethyl adjacent to an activating group) is 1. The van der Waals surface area contributed by atoms with E-state index in [4.69, 9.17) is 10.8 Å². The van der Waals surface area contributed by atoms with Gasteiger partial charge in [-0.3, -0.25) is 10.6 Å². The molecular weight excluding hydrogens is 134 g/mol. The number of hydrogen-bond donors (Lipinski definition) is 5. The topological polar surface area (TPSA) is 90.5 Å². The first-order valence-electron chi connectivity index (χ1n) is 3.19. The second-order valence-electron chi connectivity index (χ2n) is 2.41. The van der Waals surface area contributed by atoms with Crippen molar-refractivity contribution in [2.24, 2.45) is 5.73 Å². The molecule has 0 aromatic rings. The molecule has 0 amide bonds. The van der Waals surface area contributed by atoms with Crippen LogP contribution in [0.25, 0.3) is 0 Å². The molecule has 10 heavy (non-hydrogen) atoms. The van der Waals surface area contributed by atoms with Crippen molar-refractivity contribution in [1.29, 1.82) is 0 Å². The van der Waals surface area contributed by atoms with Gasteiger partial charge in [0.25, 0.3) is 0 Å². The third-order valence-electron chi connectivity index (χ3n) is 1.87. The van der Waals surface area contributed by atoms with Crippen LogP contribution in [0.15, 0.2) is 0 Å². The minimum Gasteiger partial charge on any atom is -0.387 e. The Morgan fingerprint density at radius 3 is 2.60 bits per heavy atom. The minimum atomic E-state index is -1.17. The van der Waals surface area contributed by atoms with Crippen LogP contribution in [-0.4, -0.2) is 41.8 Å². The van der Waals surface area contributed by atoms with Gasteiger partial charge in [0.2, 0.25) is 0 Å². The second-order valence-corrected chi connectivity index (χ2v) is 2.41. The van der Waals surface area contributed by atoms with Crippen LogP contribution in [-0.2, 0) is 0 Å². The summed E-state index contributed by atoms with van der Waals surface area (Å²) in [6, 6.07) is -0.331. The van der Waals surface area contributed by atoms with Crippen molar-refractivity contribution in [3.8, 4) is 0 Å². The van der Waals surface area contributed by atoms with E-state index in [1.165, 1.54) is 0 Å². The van der Waals surface area contributed by atoms with E-state index < -0.39 is 11.8 Å². The SMILES string of the molecule is CNC1(O)C(O)C1NCN. The summed E-state index contributed by atoms with van der Waals surface area (Å²) in [5.74, 6) is 0. The molecule has 0 bridgehead atoms. The largest absolute Gasteiger partial charge is 0.387 e. The van der Waals surface area contributed by atoms with Crippen LogP contribution in [0, 0.1) is 0 Å². The number of nitrogens with one attached hydrogen (secondary N) is 2. The monoisotopic (exact) mass is 147 g/mol. The van der Waals surface area contributed by atoms with E-state index in [1.54, 1.807) is 7.05 Å². The van der Waals surface area contributed by atoms with Gasteiger partial charge >= 0.3 is 0 Å². The molecule has 0 radical (unpaired) electrons. The van der Waals surface area contributed by atoms with E-state index in [9.17, 15) is 5.11 Å². The quantitative estimate of drug-likeness (QED) is 0.277. The fourth-order valence-electron chi connectivity index (χ4n) is 1.05. The van der Waals surface area contributed by atoms with Crippen molar-refractivity contribution >= 4 is 0 Å². The van der Waals surface area contributed by atoms with E-state index in [-0.39, 0.29) is 12.7 Å². The predicted octanol–water partition coefficient (Wildman–Crippen LogP) is -2.86. The van der Waals surface area contributed by atoms with Crippen LogP contribution in [0.5, 0.6) is 0 Å². The first kappa shape index (κ1) is 7.90. The number of hydrogen-bond acceptors (Lipinski definition) is 5. The van der Waals surface area contributed by atoms with E-state index >= 15 is 0 Å². The Kier molecular flexibility index (Phi) is 1.93. The highest BCUT2D eigenvalue weighted by Crippen LogP contribution is 2.32. The highest BCUT2D eigenvalue weighted by molar-refractivity contribution is 5.16. The van der Waals surface area contributed by atoms with Crippen molar-refractivity contribution in [1.82, 2.24) is 10.6 Å². The number of aliphatic hydroxyl groups excluding tert-OH is 1. The molecule has 1 saturated carbocycles. The molecule has 5 nitrogen and oxygen atoms in total. The molecule has 5 heteroatoms. The number of nitrogens with two attached hydrogens (primary N) is 1. The molecular formula is C5H13N3O2. The molecule has 60 valence electrons. The average molecular weight is 147 g/mol. The molecule has 0 saturated heterocycles. The maximum Gasteiger partial charge on any atom is 0.161 e.